The van der Waals surface area contributed by atoms with Crippen LogP contribution < -0.4 is 5.56 Å². The highest BCUT2D eigenvalue weighted by Crippen LogP contribution is 2.01. The highest BCUT2D eigenvalue weighted by atomic mass is 32.1. The zero-order chi connectivity index (χ0) is 13.1. The fraction of sp³-hybridized carbons (Fsp3) is 0.167. The fourth-order valence-electron chi connectivity index (χ4n) is 1.45. The standard InChI is InChI=1S/C12H12N4OS/c1-8-4-3-5-10(6-8)7-13-16-11(17)9(2)14-15-12(16)18/h3-7H,1-2H3,(H,15,18). The van der Waals surface area contributed by atoms with E-state index >= 15 is 0 Å². The Bertz CT molecular complexity index is 715. The molecule has 0 saturated heterocycles. The van der Waals surface area contributed by atoms with Gasteiger partial charge in [-0.3, -0.25) is 9.89 Å². The molecule has 92 valence electrons. The van der Waals surface area contributed by atoms with Crippen molar-refractivity contribution in [2.75, 3.05) is 0 Å². The molecule has 2 aromatic rings. The third-order valence-electron chi connectivity index (χ3n) is 2.38. The van der Waals surface area contributed by atoms with E-state index < -0.39 is 0 Å². The predicted octanol–water partition coefficient (Wildman–Crippen LogP) is 1.80. The molecule has 0 aliphatic heterocycles. The summed E-state index contributed by atoms with van der Waals surface area (Å²) in [5.74, 6) is 0. The first kappa shape index (κ1) is 12.4. The van der Waals surface area contributed by atoms with Crippen molar-refractivity contribution >= 4 is 18.4 Å². The fourth-order valence-corrected chi connectivity index (χ4v) is 1.63. The second kappa shape index (κ2) is 5.05. The second-order valence-corrected chi connectivity index (χ2v) is 4.28. The van der Waals surface area contributed by atoms with Gasteiger partial charge < -0.3 is 0 Å². The van der Waals surface area contributed by atoms with Gasteiger partial charge in [-0.2, -0.15) is 14.9 Å². The maximum absolute atomic E-state index is 11.8. The Kier molecular flexibility index (Phi) is 3.47. The number of aromatic amines is 1. The molecule has 0 atom stereocenters. The zero-order valence-electron chi connectivity index (χ0n) is 10.0. The van der Waals surface area contributed by atoms with Gasteiger partial charge in [-0.15, -0.1) is 0 Å². The molecular weight excluding hydrogens is 248 g/mol. The van der Waals surface area contributed by atoms with Crippen LogP contribution in [0.3, 0.4) is 0 Å². The van der Waals surface area contributed by atoms with Crippen LogP contribution >= 0.6 is 12.2 Å². The van der Waals surface area contributed by atoms with Gasteiger partial charge in [-0.1, -0.05) is 29.8 Å². The molecule has 0 aliphatic rings. The summed E-state index contributed by atoms with van der Waals surface area (Å²) < 4.78 is 1.30. The third kappa shape index (κ3) is 2.60. The first-order valence-corrected chi connectivity index (χ1v) is 5.78. The lowest BCUT2D eigenvalue weighted by atomic mass is 10.2. The SMILES string of the molecule is Cc1cccc(C=Nn2c(=S)[nH]nc(C)c2=O)c1. The molecule has 5 nitrogen and oxygen atoms in total. The molecule has 0 spiro atoms. The monoisotopic (exact) mass is 260 g/mol. The normalized spacial score (nSPS) is 11.0. The predicted molar refractivity (Wildman–Crippen MR) is 72.6 cm³/mol. The molecule has 18 heavy (non-hydrogen) atoms. The van der Waals surface area contributed by atoms with E-state index in [1.165, 1.54) is 0 Å². The van der Waals surface area contributed by atoms with Crippen LogP contribution in [0.4, 0.5) is 0 Å². The molecule has 2 rings (SSSR count). The Balaban J connectivity index is 2.44. The van der Waals surface area contributed by atoms with E-state index in [0.29, 0.717) is 5.69 Å². The number of hydrogen-bond acceptors (Lipinski definition) is 4. The van der Waals surface area contributed by atoms with Gasteiger partial charge in [0.2, 0.25) is 4.77 Å². The quantitative estimate of drug-likeness (QED) is 0.661. The van der Waals surface area contributed by atoms with E-state index in [-0.39, 0.29) is 10.3 Å². The Morgan fingerprint density at radius 3 is 2.94 bits per heavy atom. The lowest BCUT2D eigenvalue weighted by Crippen LogP contribution is -2.22. The number of H-pyrrole nitrogens is 1. The van der Waals surface area contributed by atoms with Crippen molar-refractivity contribution in [2.45, 2.75) is 13.8 Å². The molecule has 1 N–H and O–H groups in total. The van der Waals surface area contributed by atoms with E-state index in [2.05, 4.69) is 15.3 Å². The zero-order valence-corrected chi connectivity index (χ0v) is 10.9. The number of nitrogens with zero attached hydrogens (tertiary/aromatic N) is 3. The molecule has 0 unspecified atom stereocenters. The van der Waals surface area contributed by atoms with Gasteiger partial charge in [0.1, 0.15) is 5.69 Å². The van der Waals surface area contributed by atoms with Crippen LogP contribution in [-0.4, -0.2) is 21.1 Å². The number of aromatic nitrogens is 3. The minimum absolute atomic E-state index is 0.175. The summed E-state index contributed by atoms with van der Waals surface area (Å²) in [6.07, 6.45) is 1.59. The lowest BCUT2D eigenvalue weighted by molar-refractivity contribution is 0.720. The smallest absolute Gasteiger partial charge is 0.265 e. The number of nitrogens with one attached hydrogen (secondary N) is 1. The highest BCUT2D eigenvalue weighted by Gasteiger charge is 2.00. The summed E-state index contributed by atoms with van der Waals surface area (Å²) in [6, 6.07) is 7.79. The number of rotatable bonds is 2. The summed E-state index contributed by atoms with van der Waals surface area (Å²) >= 11 is 4.97. The molecule has 0 aliphatic carbocycles. The Labute approximate surface area is 109 Å². The largest absolute Gasteiger partial charge is 0.296 e. The average molecular weight is 260 g/mol. The van der Waals surface area contributed by atoms with Crippen molar-refractivity contribution in [2.24, 2.45) is 5.10 Å². The summed E-state index contributed by atoms with van der Waals surface area (Å²) in [6.45, 7) is 3.60. The second-order valence-electron chi connectivity index (χ2n) is 3.89. The maximum atomic E-state index is 11.8. The van der Waals surface area contributed by atoms with Gasteiger partial charge in [0.25, 0.3) is 5.56 Å². The van der Waals surface area contributed by atoms with Gasteiger partial charge in [0, 0.05) is 0 Å². The molecule has 0 bridgehead atoms. The lowest BCUT2D eigenvalue weighted by Gasteiger charge is -1.99. The van der Waals surface area contributed by atoms with E-state index in [0.717, 1.165) is 15.8 Å². The minimum Gasteiger partial charge on any atom is -0.265 e. The van der Waals surface area contributed by atoms with Crippen molar-refractivity contribution in [3.63, 3.8) is 0 Å². The van der Waals surface area contributed by atoms with E-state index in [1.807, 2.05) is 31.2 Å². The summed E-state index contributed by atoms with van der Waals surface area (Å²) in [5, 5.41) is 10.4. The van der Waals surface area contributed by atoms with E-state index in [1.54, 1.807) is 13.1 Å². The summed E-state index contributed by atoms with van der Waals surface area (Å²) in [7, 11) is 0. The molecule has 1 aromatic heterocycles. The van der Waals surface area contributed by atoms with Gasteiger partial charge in [-0.25, -0.2) is 0 Å². The number of benzene rings is 1. The third-order valence-corrected chi connectivity index (χ3v) is 2.64. The number of aryl methyl sites for hydroxylation is 2. The number of hydrogen-bond donors (Lipinski definition) is 1. The van der Waals surface area contributed by atoms with Crippen molar-refractivity contribution in [3.05, 3.63) is 56.2 Å². The van der Waals surface area contributed by atoms with Crippen LogP contribution in [0.5, 0.6) is 0 Å². The van der Waals surface area contributed by atoms with Crippen molar-refractivity contribution < 1.29 is 0 Å². The van der Waals surface area contributed by atoms with Crippen molar-refractivity contribution in [1.82, 2.24) is 14.9 Å². The molecule has 0 amide bonds. The maximum Gasteiger partial charge on any atom is 0.296 e. The van der Waals surface area contributed by atoms with Crippen LogP contribution in [0.15, 0.2) is 34.2 Å². The summed E-state index contributed by atoms with van der Waals surface area (Å²) in [5.41, 5.74) is 2.04. The van der Waals surface area contributed by atoms with E-state index in [9.17, 15) is 4.79 Å². The average Bonchev–Trinajstić information content (AvgIpc) is 2.34. The molecular formula is C12H12N4OS. The first-order valence-electron chi connectivity index (χ1n) is 5.37. The van der Waals surface area contributed by atoms with Crippen LogP contribution in [-0.2, 0) is 0 Å². The minimum atomic E-state index is -0.317. The molecule has 0 radical (unpaired) electrons. The van der Waals surface area contributed by atoms with Crippen LogP contribution in [0.1, 0.15) is 16.8 Å². The topological polar surface area (TPSA) is 63.0 Å². The Morgan fingerprint density at radius 2 is 2.22 bits per heavy atom. The van der Waals surface area contributed by atoms with Gasteiger partial charge in [0.05, 0.1) is 6.21 Å². The van der Waals surface area contributed by atoms with Crippen LogP contribution in [0, 0.1) is 18.6 Å². The van der Waals surface area contributed by atoms with Gasteiger partial charge >= 0.3 is 0 Å². The molecule has 6 heteroatoms. The molecule has 1 aromatic carbocycles. The Hall–Kier alpha value is -2.08. The van der Waals surface area contributed by atoms with Crippen molar-refractivity contribution in [3.8, 4) is 0 Å². The van der Waals surface area contributed by atoms with Crippen LogP contribution in [0.2, 0.25) is 0 Å². The first-order chi connectivity index (χ1) is 8.58. The van der Waals surface area contributed by atoms with Gasteiger partial charge in [0.15, 0.2) is 0 Å². The van der Waals surface area contributed by atoms with Crippen LogP contribution in [0.25, 0.3) is 0 Å². The van der Waals surface area contributed by atoms with Crippen molar-refractivity contribution in [1.29, 1.82) is 0 Å². The molecule has 1 heterocycles. The molecule has 0 saturated carbocycles. The van der Waals surface area contributed by atoms with E-state index in [4.69, 9.17) is 12.2 Å². The summed E-state index contributed by atoms with van der Waals surface area (Å²) in [4.78, 5) is 11.8. The highest BCUT2D eigenvalue weighted by molar-refractivity contribution is 7.71. The van der Waals surface area contributed by atoms with Gasteiger partial charge in [-0.05, 0) is 31.6 Å². The Morgan fingerprint density at radius 1 is 1.44 bits per heavy atom. The molecule has 0 fully saturated rings.